The molecule has 24 heavy (non-hydrogen) atoms. The second-order valence-corrected chi connectivity index (χ2v) is 11.1. The second kappa shape index (κ2) is 10.5. The maximum Gasteiger partial charge on any atom is 0.304 e. The lowest BCUT2D eigenvalue weighted by atomic mass is 10.5. The van der Waals surface area contributed by atoms with E-state index in [0.717, 1.165) is 17.4 Å². The van der Waals surface area contributed by atoms with E-state index in [1.807, 2.05) is 0 Å². The normalized spacial score (nSPS) is 10.8. The van der Waals surface area contributed by atoms with E-state index in [1.54, 1.807) is 0 Å². The molecule has 0 spiro atoms. The lowest BCUT2D eigenvalue weighted by Crippen LogP contribution is -1.95. The number of hydrogen-bond donors (Lipinski definition) is 2. The first kappa shape index (κ1) is 19.8. The number of thioether (sulfide) groups is 2. The molecule has 130 valence electrons. The molecule has 0 radical (unpaired) electrons. The topological polar surface area (TPSA) is 126 Å². The summed E-state index contributed by atoms with van der Waals surface area (Å²) in [6.07, 6.45) is 0.184. The van der Waals surface area contributed by atoms with E-state index < -0.39 is 11.9 Å². The van der Waals surface area contributed by atoms with E-state index in [9.17, 15) is 9.59 Å². The van der Waals surface area contributed by atoms with Crippen LogP contribution in [0.1, 0.15) is 12.8 Å². The molecule has 2 N–H and O–H groups in total. The summed E-state index contributed by atoms with van der Waals surface area (Å²) in [5.74, 6) is -0.722. The monoisotopic (exact) mass is 442 g/mol. The van der Waals surface area contributed by atoms with Gasteiger partial charge in [0.1, 0.15) is 0 Å². The van der Waals surface area contributed by atoms with Crippen LogP contribution in [0.25, 0.3) is 0 Å². The molecule has 0 saturated carbocycles. The molecule has 2 rings (SSSR count). The molecule has 0 fully saturated rings. The van der Waals surface area contributed by atoms with Crippen LogP contribution in [0.4, 0.5) is 0 Å². The van der Waals surface area contributed by atoms with Crippen LogP contribution in [0.2, 0.25) is 0 Å². The Morgan fingerprint density at radius 1 is 0.750 bits per heavy atom. The fourth-order valence-corrected chi connectivity index (χ4v) is 7.48. The summed E-state index contributed by atoms with van der Waals surface area (Å²) >= 11 is 5.55. The van der Waals surface area contributed by atoms with E-state index >= 15 is 0 Å². The number of rotatable bonds is 11. The molecule has 0 aliphatic rings. The molecular formula is C10H10N4O4S6. The highest BCUT2D eigenvalue weighted by atomic mass is 33.1. The summed E-state index contributed by atoms with van der Waals surface area (Å²) in [6.45, 7) is 0. The molecular weight excluding hydrogens is 433 g/mol. The Morgan fingerprint density at radius 2 is 1.12 bits per heavy atom. The molecule has 0 aromatic carbocycles. The van der Waals surface area contributed by atoms with Gasteiger partial charge in [-0.15, -0.1) is 20.4 Å². The van der Waals surface area contributed by atoms with Crippen LogP contribution in [0, 0.1) is 0 Å². The van der Waals surface area contributed by atoms with E-state index in [4.69, 9.17) is 10.2 Å². The third-order valence-electron chi connectivity index (χ3n) is 2.04. The quantitative estimate of drug-likeness (QED) is 0.391. The molecule has 8 nitrogen and oxygen atoms in total. The van der Waals surface area contributed by atoms with Gasteiger partial charge in [0, 0.05) is 11.5 Å². The zero-order valence-electron chi connectivity index (χ0n) is 11.8. The second-order valence-electron chi connectivity index (χ2n) is 3.82. The third-order valence-corrected chi connectivity index (χ3v) is 9.11. The van der Waals surface area contributed by atoms with Crippen molar-refractivity contribution in [3.63, 3.8) is 0 Å². The average molecular weight is 443 g/mol. The number of carbonyl (C=O) groups is 2. The molecule has 0 aliphatic heterocycles. The number of aliphatic carboxylic acids is 2. The van der Waals surface area contributed by atoms with Gasteiger partial charge in [-0.3, -0.25) is 9.59 Å². The maximum atomic E-state index is 10.5. The minimum Gasteiger partial charge on any atom is -0.481 e. The number of aromatic nitrogens is 4. The summed E-state index contributed by atoms with van der Waals surface area (Å²) in [5, 5.41) is 33.3. The van der Waals surface area contributed by atoms with Gasteiger partial charge < -0.3 is 10.2 Å². The maximum absolute atomic E-state index is 10.5. The number of hydrogen-bond acceptors (Lipinski definition) is 12. The molecule has 0 aliphatic carbocycles. The Kier molecular flexibility index (Phi) is 8.61. The van der Waals surface area contributed by atoms with Gasteiger partial charge >= 0.3 is 11.9 Å². The first-order valence-corrected chi connectivity index (χ1v) is 12.0. The van der Waals surface area contributed by atoms with Crippen LogP contribution in [0.3, 0.4) is 0 Å². The fraction of sp³-hybridized carbons (Fsp3) is 0.400. The van der Waals surface area contributed by atoms with Gasteiger partial charge in [0.2, 0.25) is 0 Å². The van der Waals surface area contributed by atoms with E-state index in [1.165, 1.54) is 67.8 Å². The molecule has 0 atom stereocenters. The lowest BCUT2D eigenvalue weighted by molar-refractivity contribution is -0.137. The standard InChI is InChI=1S/C10H10N4O4S6/c15-5(16)1-3-19-7-11-13-9(21-7)23-24-10-14-12-8(22-10)20-4-2-6(17)18/h1-4H2,(H,15,16)(H,17,18). The Morgan fingerprint density at radius 3 is 1.50 bits per heavy atom. The van der Waals surface area contributed by atoms with Gasteiger partial charge in [-0.1, -0.05) is 46.2 Å². The van der Waals surface area contributed by atoms with Crippen molar-refractivity contribution in [3.8, 4) is 0 Å². The Hall–Kier alpha value is -0.540. The lowest BCUT2D eigenvalue weighted by Gasteiger charge is -1.92. The summed E-state index contributed by atoms with van der Waals surface area (Å²) in [6, 6.07) is 0. The Labute approximate surface area is 161 Å². The largest absolute Gasteiger partial charge is 0.481 e. The van der Waals surface area contributed by atoms with Crippen molar-refractivity contribution in [1.29, 1.82) is 0 Å². The zero-order chi connectivity index (χ0) is 17.4. The van der Waals surface area contributed by atoms with Crippen LogP contribution < -0.4 is 0 Å². The summed E-state index contributed by atoms with van der Waals surface area (Å²) in [4.78, 5) is 20.9. The summed E-state index contributed by atoms with van der Waals surface area (Å²) in [5.41, 5.74) is 0. The summed E-state index contributed by atoms with van der Waals surface area (Å²) in [7, 11) is 2.83. The van der Waals surface area contributed by atoms with Gasteiger partial charge in [0.15, 0.2) is 17.4 Å². The first-order valence-electron chi connectivity index (χ1n) is 6.23. The Bertz CT molecular complexity index is 634. The smallest absolute Gasteiger partial charge is 0.304 e. The number of carboxylic acid groups (broad SMARTS) is 2. The first-order chi connectivity index (χ1) is 11.5. The highest BCUT2D eigenvalue weighted by Gasteiger charge is 2.11. The van der Waals surface area contributed by atoms with Crippen molar-refractivity contribution < 1.29 is 19.8 Å². The molecule has 2 aromatic rings. The third kappa shape index (κ3) is 7.57. The van der Waals surface area contributed by atoms with Crippen molar-refractivity contribution in [2.24, 2.45) is 0 Å². The van der Waals surface area contributed by atoms with Crippen molar-refractivity contribution >= 4 is 79.7 Å². The minimum absolute atomic E-state index is 0.0918. The van der Waals surface area contributed by atoms with Crippen molar-refractivity contribution in [3.05, 3.63) is 0 Å². The SMILES string of the molecule is O=C(O)CCSc1nnc(SSc2nnc(SCCC(=O)O)s2)s1. The molecule has 0 bridgehead atoms. The molecule has 0 saturated heterocycles. The van der Waals surface area contributed by atoms with Gasteiger partial charge in [0.05, 0.1) is 12.8 Å². The number of nitrogens with zero attached hydrogens (tertiary/aromatic N) is 4. The predicted octanol–water partition coefficient (Wildman–Crippen LogP) is 3.32. The Balaban J connectivity index is 1.73. The molecule has 14 heteroatoms. The van der Waals surface area contributed by atoms with Crippen molar-refractivity contribution in [2.45, 2.75) is 30.2 Å². The van der Waals surface area contributed by atoms with Crippen LogP contribution in [0.5, 0.6) is 0 Å². The van der Waals surface area contributed by atoms with Crippen LogP contribution >= 0.6 is 67.8 Å². The fourth-order valence-electron chi connectivity index (χ4n) is 1.10. The highest BCUT2D eigenvalue weighted by molar-refractivity contribution is 8.77. The zero-order valence-corrected chi connectivity index (χ0v) is 16.7. The predicted molar refractivity (Wildman–Crippen MR) is 97.5 cm³/mol. The van der Waals surface area contributed by atoms with Crippen LogP contribution in [0.15, 0.2) is 17.4 Å². The van der Waals surface area contributed by atoms with Crippen molar-refractivity contribution in [1.82, 2.24) is 20.4 Å². The minimum atomic E-state index is -0.828. The summed E-state index contributed by atoms with van der Waals surface area (Å²) < 4.78 is 2.99. The van der Waals surface area contributed by atoms with Gasteiger partial charge in [0.25, 0.3) is 0 Å². The highest BCUT2D eigenvalue weighted by Crippen LogP contribution is 2.42. The van der Waals surface area contributed by atoms with E-state index in [0.29, 0.717) is 11.5 Å². The molecule has 0 unspecified atom stereocenters. The van der Waals surface area contributed by atoms with Gasteiger partial charge in [-0.2, -0.15) is 0 Å². The average Bonchev–Trinajstić information content (AvgIpc) is 3.14. The van der Waals surface area contributed by atoms with E-state index in [2.05, 4.69) is 20.4 Å². The van der Waals surface area contributed by atoms with Crippen molar-refractivity contribution in [2.75, 3.05) is 11.5 Å². The molecule has 2 aromatic heterocycles. The molecule has 0 amide bonds. The van der Waals surface area contributed by atoms with E-state index in [-0.39, 0.29) is 12.8 Å². The van der Waals surface area contributed by atoms with Gasteiger partial charge in [-0.25, -0.2) is 0 Å². The van der Waals surface area contributed by atoms with Crippen LogP contribution in [-0.2, 0) is 9.59 Å². The van der Waals surface area contributed by atoms with Crippen LogP contribution in [-0.4, -0.2) is 54.1 Å². The number of carboxylic acids is 2. The van der Waals surface area contributed by atoms with Gasteiger partial charge in [-0.05, 0) is 21.6 Å². The molecule has 2 heterocycles.